The minimum atomic E-state index is -1.78. The molecule has 0 unspecified atom stereocenters. The monoisotopic (exact) mass is 348 g/mol. The molecule has 0 aliphatic rings. The number of nitrogens with one attached hydrogen (secondary N) is 1. The zero-order valence-corrected chi connectivity index (χ0v) is 14.1. The molecule has 2 rings (SSSR count). The summed E-state index contributed by atoms with van der Waals surface area (Å²) in [5.74, 6) is -0.497. The Morgan fingerprint density at radius 2 is 2.20 bits per heavy atom. The van der Waals surface area contributed by atoms with Gasteiger partial charge in [-0.25, -0.2) is 4.79 Å². The Hall–Kier alpha value is -2.81. The van der Waals surface area contributed by atoms with E-state index >= 15 is 0 Å². The quantitative estimate of drug-likeness (QED) is 0.660. The summed E-state index contributed by atoms with van der Waals surface area (Å²) in [7, 11) is 0. The number of nitrogens with zero attached hydrogens (tertiary/aromatic N) is 3. The number of pyridine rings is 1. The van der Waals surface area contributed by atoms with Crippen molar-refractivity contribution in [1.29, 1.82) is 0 Å². The highest BCUT2D eigenvalue weighted by Gasteiger charge is 2.32. The Labute approximate surface area is 144 Å². The van der Waals surface area contributed by atoms with Gasteiger partial charge >= 0.3 is 5.97 Å². The molecule has 2 N–H and O–H groups in total. The maximum atomic E-state index is 11.8. The molecule has 0 fully saturated rings. The summed E-state index contributed by atoms with van der Waals surface area (Å²) in [6, 6.07) is 5.33. The lowest BCUT2D eigenvalue weighted by Crippen LogP contribution is -2.47. The predicted octanol–water partition coefficient (Wildman–Crippen LogP) is 0.494. The number of carbonyl (C=O) groups is 2. The highest BCUT2D eigenvalue weighted by atomic mass is 16.5. The van der Waals surface area contributed by atoms with Crippen molar-refractivity contribution in [2.24, 2.45) is 0 Å². The van der Waals surface area contributed by atoms with E-state index in [0.717, 1.165) is 0 Å². The smallest absolute Gasteiger partial charge is 0.339 e. The molecule has 0 spiro atoms. The highest BCUT2D eigenvalue weighted by molar-refractivity contribution is 5.81. The number of esters is 1. The van der Waals surface area contributed by atoms with E-state index in [0.29, 0.717) is 17.4 Å². The Kier molecular flexibility index (Phi) is 6.18. The fourth-order valence-electron chi connectivity index (χ4n) is 1.89. The van der Waals surface area contributed by atoms with Crippen LogP contribution in [0.3, 0.4) is 0 Å². The molecule has 2 aromatic rings. The topological polar surface area (TPSA) is 127 Å². The zero-order valence-electron chi connectivity index (χ0n) is 14.1. The van der Waals surface area contributed by atoms with Crippen molar-refractivity contribution >= 4 is 11.9 Å². The van der Waals surface area contributed by atoms with Gasteiger partial charge in [0, 0.05) is 19.0 Å². The second-order valence-electron chi connectivity index (χ2n) is 5.50. The van der Waals surface area contributed by atoms with E-state index in [-0.39, 0.29) is 31.9 Å². The number of ether oxygens (including phenoxy) is 1. The number of hydrogen-bond acceptors (Lipinski definition) is 8. The van der Waals surface area contributed by atoms with E-state index in [1.807, 2.05) is 0 Å². The number of hydrogen-bond donors (Lipinski definition) is 2. The average Bonchev–Trinajstić information content (AvgIpc) is 3.08. The molecule has 25 heavy (non-hydrogen) atoms. The third-order valence-electron chi connectivity index (χ3n) is 3.27. The van der Waals surface area contributed by atoms with Crippen molar-refractivity contribution in [3.63, 3.8) is 0 Å². The third kappa shape index (κ3) is 5.35. The minimum absolute atomic E-state index is 0.0722. The van der Waals surface area contributed by atoms with E-state index in [1.54, 1.807) is 31.3 Å². The van der Waals surface area contributed by atoms with Crippen molar-refractivity contribution < 1.29 is 24.0 Å². The molecule has 0 saturated heterocycles. The highest BCUT2D eigenvalue weighted by Crippen LogP contribution is 2.12. The molecule has 1 amide bonds. The lowest BCUT2D eigenvalue weighted by Gasteiger charge is -2.21. The van der Waals surface area contributed by atoms with Gasteiger partial charge in [0.15, 0.2) is 5.60 Å². The summed E-state index contributed by atoms with van der Waals surface area (Å²) in [6.07, 6.45) is 1.92. The molecular formula is C16H20N4O5. The maximum absolute atomic E-state index is 11.8. The van der Waals surface area contributed by atoms with E-state index in [1.165, 1.54) is 6.92 Å². The fraction of sp³-hybridized carbons (Fsp3) is 0.438. The first-order chi connectivity index (χ1) is 11.9. The van der Waals surface area contributed by atoms with Crippen LogP contribution < -0.4 is 5.32 Å². The van der Waals surface area contributed by atoms with Gasteiger partial charge in [-0.1, -0.05) is 11.2 Å². The van der Waals surface area contributed by atoms with Crippen molar-refractivity contribution in [1.82, 2.24) is 20.4 Å². The van der Waals surface area contributed by atoms with Gasteiger partial charge in [-0.05, 0) is 26.0 Å². The number of carbonyl (C=O) groups excluding carboxylic acids is 2. The van der Waals surface area contributed by atoms with Crippen molar-refractivity contribution in [3.8, 4) is 11.5 Å². The van der Waals surface area contributed by atoms with Gasteiger partial charge < -0.3 is 19.7 Å². The Bertz CT molecular complexity index is 714. The predicted molar refractivity (Wildman–Crippen MR) is 86.1 cm³/mol. The molecule has 0 bridgehead atoms. The molecule has 0 radical (unpaired) electrons. The van der Waals surface area contributed by atoms with E-state index in [9.17, 15) is 14.7 Å². The van der Waals surface area contributed by atoms with Gasteiger partial charge in [0.05, 0.1) is 13.2 Å². The second-order valence-corrected chi connectivity index (χ2v) is 5.50. The maximum Gasteiger partial charge on any atom is 0.339 e. The van der Waals surface area contributed by atoms with Gasteiger partial charge in [0.25, 0.3) is 0 Å². The largest absolute Gasteiger partial charge is 0.464 e. The molecular weight excluding hydrogens is 328 g/mol. The van der Waals surface area contributed by atoms with Gasteiger partial charge in [-0.3, -0.25) is 9.78 Å². The molecule has 2 aromatic heterocycles. The minimum Gasteiger partial charge on any atom is -0.464 e. The number of rotatable bonds is 8. The van der Waals surface area contributed by atoms with Crippen molar-refractivity contribution in [3.05, 3.63) is 30.3 Å². The molecule has 1 atom stereocenters. The normalized spacial score (nSPS) is 13.1. The van der Waals surface area contributed by atoms with Crippen LogP contribution in [0.5, 0.6) is 0 Å². The first-order valence-corrected chi connectivity index (χ1v) is 7.82. The molecule has 0 saturated carbocycles. The molecule has 0 aliphatic heterocycles. The number of amides is 1. The van der Waals surface area contributed by atoms with Gasteiger partial charge in [0.1, 0.15) is 5.69 Å². The van der Waals surface area contributed by atoms with Crippen LogP contribution in [0.2, 0.25) is 0 Å². The number of aromatic nitrogens is 3. The Balaban J connectivity index is 1.81. The summed E-state index contributed by atoms with van der Waals surface area (Å²) >= 11 is 0. The van der Waals surface area contributed by atoms with Gasteiger partial charge in [-0.2, -0.15) is 4.98 Å². The van der Waals surface area contributed by atoms with Crippen LogP contribution in [0.1, 0.15) is 26.2 Å². The summed E-state index contributed by atoms with van der Waals surface area (Å²) in [5, 5.41) is 16.2. The van der Waals surface area contributed by atoms with Crippen LogP contribution in [0.15, 0.2) is 28.9 Å². The van der Waals surface area contributed by atoms with E-state index in [2.05, 4.69) is 20.4 Å². The van der Waals surface area contributed by atoms with Crippen LogP contribution in [-0.4, -0.2) is 50.9 Å². The van der Waals surface area contributed by atoms with Crippen LogP contribution in [0, 0.1) is 0 Å². The molecule has 9 heteroatoms. The standard InChI is InChI=1S/C16H20N4O5/c1-3-24-15(22)16(2,23)10-18-12(21)7-8-13-19-14(20-25-13)11-6-4-5-9-17-11/h4-6,9,23H,3,7-8,10H2,1-2H3,(H,18,21)/t16-/m0/s1. The molecule has 0 aliphatic carbocycles. The molecule has 2 heterocycles. The lowest BCUT2D eigenvalue weighted by molar-refractivity contribution is -0.162. The van der Waals surface area contributed by atoms with Crippen LogP contribution in [0.4, 0.5) is 0 Å². The number of aliphatic hydroxyl groups is 1. The molecule has 0 aromatic carbocycles. The average molecular weight is 348 g/mol. The van der Waals surface area contributed by atoms with Gasteiger partial charge in [0.2, 0.25) is 17.6 Å². The molecule has 9 nitrogen and oxygen atoms in total. The summed E-state index contributed by atoms with van der Waals surface area (Å²) in [5.41, 5.74) is -1.20. The SMILES string of the molecule is CCOC(=O)[C@@](C)(O)CNC(=O)CCc1nc(-c2ccccn2)no1. The summed E-state index contributed by atoms with van der Waals surface area (Å²) < 4.78 is 9.81. The zero-order chi connectivity index (χ0) is 18.3. The van der Waals surface area contributed by atoms with Crippen LogP contribution >= 0.6 is 0 Å². The van der Waals surface area contributed by atoms with Crippen LogP contribution in [0.25, 0.3) is 11.5 Å². The van der Waals surface area contributed by atoms with Gasteiger partial charge in [-0.15, -0.1) is 0 Å². The molecule has 134 valence electrons. The summed E-state index contributed by atoms with van der Waals surface area (Å²) in [4.78, 5) is 31.7. The Morgan fingerprint density at radius 3 is 2.88 bits per heavy atom. The van der Waals surface area contributed by atoms with Crippen molar-refractivity contribution in [2.45, 2.75) is 32.3 Å². The first kappa shape index (κ1) is 18.5. The Morgan fingerprint density at radius 1 is 1.40 bits per heavy atom. The summed E-state index contributed by atoms with van der Waals surface area (Å²) in [6.45, 7) is 2.82. The van der Waals surface area contributed by atoms with Crippen molar-refractivity contribution in [2.75, 3.05) is 13.2 Å². The first-order valence-electron chi connectivity index (χ1n) is 7.82. The van der Waals surface area contributed by atoms with Crippen LogP contribution in [-0.2, 0) is 20.7 Å². The van der Waals surface area contributed by atoms with E-state index in [4.69, 9.17) is 9.26 Å². The fourth-order valence-corrected chi connectivity index (χ4v) is 1.89. The lowest BCUT2D eigenvalue weighted by atomic mass is 10.1. The van der Waals surface area contributed by atoms with E-state index < -0.39 is 11.6 Å². The second kappa shape index (κ2) is 8.34. The third-order valence-corrected chi connectivity index (χ3v) is 3.27. The number of aryl methyl sites for hydroxylation is 1.